The smallest absolute Gasteiger partial charge is 0.253 e. The van der Waals surface area contributed by atoms with Crippen LogP contribution < -0.4 is 0 Å². The monoisotopic (exact) mass is 583 g/mol. The quantitative estimate of drug-likeness (QED) is 0.243. The molecular weight excluding hydrogens is 546 g/mol. The van der Waals surface area contributed by atoms with Gasteiger partial charge in [-0.2, -0.15) is 5.10 Å². The molecule has 2 fully saturated rings. The number of carbonyl (C=O) groups excluding carboxylic acids is 1. The number of fused-ring (bicyclic) bond motifs is 4. The highest BCUT2D eigenvalue weighted by Gasteiger charge is 2.45. The first-order chi connectivity index (χ1) is 21.5. The van der Waals surface area contributed by atoms with Crippen LogP contribution in [-0.2, 0) is 17.6 Å². The summed E-state index contributed by atoms with van der Waals surface area (Å²) in [6.07, 6.45) is 7.97. The fourth-order valence-electron chi connectivity index (χ4n) is 7.59. The van der Waals surface area contributed by atoms with E-state index < -0.39 is 0 Å². The van der Waals surface area contributed by atoms with Crippen molar-refractivity contribution in [3.63, 3.8) is 0 Å². The molecule has 5 aromatic rings. The third-order valence-corrected chi connectivity index (χ3v) is 9.92. The number of aromatic amines is 1. The summed E-state index contributed by atoms with van der Waals surface area (Å²) < 4.78 is 5.75. The number of amides is 1. The van der Waals surface area contributed by atoms with Crippen LogP contribution in [0.3, 0.4) is 0 Å². The summed E-state index contributed by atoms with van der Waals surface area (Å²) in [4.78, 5) is 21.9. The van der Waals surface area contributed by atoms with Crippen molar-refractivity contribution in [1.82, 2.24) is 25.0 Å². The van der Waals surface area contributed by atoms with E-state index in [-0.39, 0.29) is 5.91 Å². The molecule has 2 saturated heterocycles. The fourth-order valence-corrected chi connectivity index (χ4v) is 7.59. The molecule has 7 nitrogen and oxygen atoms in total. The number of ether oxygens (including phenoxy) is 1. The number of pyridine rings is 1. The lowest BCUT2D eigenvalue weighted by Crippen LogP contribution is -2.66. The third kappa shape index (κ3) is 4.71. The minimum atomic E-state index is -0.00555. The van der Waals surface area contributed by atoms with Gasteiger partial charge in [-0.25, -0.2) is 4.98 Å². The Morgan fingerprint density at radius 3 is 2.34 bits per heavy atom. The van der Waals surface area contributed by atoms with Crippen molar-refractivity contribution in [3.8, 4) is 33.5 Å². The molecule has 44 heavy (non-hydrogen) atoms. The molecule has 3 aromatic carbocycles. The third-order valence-electron chi connectivity index (χ3n) is 9.92. The van der Waals surface area contributed by atoms with Gasteiger partial charge in [0, 0.05) is 60.5 Å². The minimum Gasteiger partial charge on any atom is -0.378 e. The van der Waals surface area contributed by atoms with Crippen molar-refractivity contribution >= 4 is 16.9 Å². The van der Waals surface area contributed by atoms with Gasteiger partial charge in [0.1, 0.15) is 0 Å². The number of nitrogens with zero attached hydrogens (tertiary/aromatic N) is 4. The molecule has 2 aliphatic heterocycles. The van der Waals surface area contributed by atoms with E-state index in [0.29, 0.717) is 29.3 Å². The Labute approximate surface area is 257 Å². The molecule has 8 rings (SSSR count). The van der Waals surface area contributed by atoms with E-state index >= 15 is 0 Å². The van der Waals surface area contributed by atoms with E-state index in [1.165, 1.54) is 36.0 Å². The lowest BCUT2D eigenvalue weighted by molar-refractivity contribution is -0.148. The fraction of sp³-hybridized carbons (Fsp3) is 0.324. The molecule has 7 heteroatoms. The summed E-state index contributed by atoms with van der Waals surface area (Å²) in [6.45, 7) is 1.82. The Hall–Kier alpha value is -4.33. The zero-order valence-electron chi connectivity index (χ0n) is 25.3. The predicted octanol–water partition coefficient (Wildman–Crippen LogP) is 6.38. The molecule has 1 N–H and O–H groups in total. The van der Waals surface area contributed by atoms with Gasteiger partial charge in [0.05, 0.1) is 18.9 Å². The lowest BCUT2D eigenvalue weighted by atomic mass is 9.87. The van der Waals surface area contributed by atoms with Crippen LogP contribution in [-0.4, -0.2) is 76.3 Å². The molecule has 0 radical (unpaired) electrons. The summed E-state index contributed by atoms with van der Waals surface area (Å²) in [5, 5.41) is 8.74. The number of rotatable bonds is 5. The van der Waals surface area contributed by atoms with Crippen LogP contribution in [0.1, 0.15) is 40.7 Å². The Morgan fingerprint density at radius 2 is 1.57 bits per heavy atom. The zero-order chi connectivity index (χ0) is 29.8. The van der Waals surface area contributed by atoms with Gasteiger partial charge in [-0.15, -0.1) is 0 Å². The van der Waals surface area contributed by atoms with Crippen molar-refractivity contribution in [2.75, 3.05) is 27.3 Å². The second-order valence-electron chi connectivity index (χ2n) is 12.8. The maximum absolute atomic E-state index is 12.8. The first kappa shape index (κ1) is 27.2. The van der Waals surface area contributed by atoms with Crippen molar-refractivity contribution in [3.05, 3.63) is 95.7 Å². The van der Waals surface area contributed by atoms with Gasteiger partial charge in [-0.3, -0.25) is 14.8 Å². The van der Waals surface area contributed by atoms with Crippen molar-refractivity contribution in [2.45, 2.75) is 50.2 Å². The van der Waals surface area contributed by atoms with E-state index in [0.717, 1.165) is 59.4 Å². The molecule has 0 saturated carbocycles. The van der Waals surface area contributed by atoms with Crippen molar-refractivity contribution in [2.24, 2.45) is 0 Å². The number of nitrogens with one attached hydrogen (secondary N) is 1. The maximum atomic E-state index is 12.8. The van der Waals surface area contributed by atoms with Crippen molar-refractivity contribution in [1.29, 1.82) is 0 Å². The number of benzene rings is 3. The molecule has 222 valence electrons. The Bertz CT molecular complexity index is 1850. The molecule has 3 atom stereocenters. The summed E-state index contributed by atoms with van der Waals surface area (Å²) in [5.74, 6) is -0.00555. The molecule has 2 unspecified atom stereocenters. The van der Waals surface area contributed by atoms with Gasteiger partial charge < -0.3 is 9.64 Å². The van der Waals surface area contributed by atoms with E-state index in [4.69, 9.17) is 9.72 Å². The van der Waals surface area contributed by atoms with E-state index in [2.05, 4.69) is 63.6 Å². The predicted molar refractivity (Wildman–Crippen MR) is 173 cm³/mol. The van der Waals surface area contributed by atoms with Crippen LogP contribution in [0.4, 0.5) is 0 Å². The lowest BCUT2D eigenvalue weighted by Gasteiger charge is -2.56. The number of aryl methyl sites for hydroxylation is 2. The number of H-pyrrole nitrogens is 1. The number of carbonyl (C=O) groups is 1. The summed E-state index contributed by atoms with van der Waals surface area (Å²) in [5.41, 5.74) is 10.6. The molecular formula is C37H37N5O2. The maximum Gasteiger partial charge on any atom is 0.253 e. The van der Waals surface area contributed by atoms with Gasteiger partial charge in [0.2, 0.25) is 0 Å². The Balaban J connectivity index is 1.06. The molecule has 4 heterocycles. The van der Waals surface area contributed by atoms with Crippen LogP contribution in [0.2, 0.25) is 0 Å². The second-order valence-corrected chi connectivity index (χ2v) is 12.8. The average molecular weight is 584 g/mol. The number of hydrogen-bond acceptors (Lipinski definition) is 5. The van der Waals surface area contributed by atoms with Crippen LogP contribution in [0.25, 0.3) is 44.5 Å². The first-order valence-corrected chi connectivity index (χ1v) is 15.8. The molecule has 0 spiro atoms. The average Bonchev–Trinajstić information content (AvgIpc) is 3.38. The number of aromatic nitrogens is 3. The molecule has 1 aliphatic carbocycles. The molecule has 1 amide bonds. The van der Waals surface area contributed by atoms with Gasteiger partial charge in [-0.1, -0.05) is 60.7 Å². The SMILES string of the molecule is CN(C)C(=O)c1ccccc1-c1ccc(-c2[nH]nc3ncc(-c4ccc5c(c4)CC[C@@H](N4C6COCC4C6)CC5)cc23)cc1. The Kier molecular flexibility index (Phi) is 6.80. The van der Waals surface area contributed by atoms with Gasteiger partial charge in [-0.05, 0) is 72.1 Å². The zero-order valence-corrected chi connectivity index (χ0v) is 25.3. The standard InChI is InChI=1S/C37H37N5O2/c1-41(2)37(43)33-6-4-3-5-32(33)24-8-10-25(11-9-24)35-34-18-28(20-38-36(34)40-39-35)27-12-7-23-13-15-29(16-14-26(23)17-27)42-30-19-31(42)22-44-21-30/h3-12,17-18,20,29-31H,13-16,19,21-22H2,1-2H3,(H,38,39,40)/t29-,30?,31?/m0/s1. The summed E-state index contributed by atoms with van der Waals surface area (Å²) in [6, 6.07) is 27.2. The van der Waals surface area contributed by atoms with Gasteiger partial charge in [0.25, 0.3) is 5.91 Å². The highest BCUT2D eigenvalue weighted by atomic mass is 16.5. The van der Waals surface area contributed by atoms with Crippen LogP contribution in [0, 0.1) is 0 Å². The topological polar surface area (TPSA) is 74.4 Å². The molecule has 3 aliphatic rings. The van der Waals surface area contributed by atoms with Gasteiger partial charge >= 0.3 is 0 Å². The summed E-state index contributed by atoms with van der Waals surface area (Å²) in [7, 11) is 3.56. The molecule has 2 bridgehead atoms. The first-order valence-electron chi connectivity index (χ1n) is 15.8. The van der Waals surface area contributed by atoms with E-state index in [1.807, 2.05) is 30.5 Å². The minimum absolute atomic E-state index is 0.00555. The van der Waals surface area contributed by atoms with E-state index in [1.54, 1.807) is 19.0 Å². The highest BCUT2D eigenvalue weighted by molar-refractivity contribution is 6.01. The van der Waals surface area contributed by atoms with Crippen LogP contribution in [0.5, 0.6) is 0 Å². The summed E-state index contributed by atoms with van der Waals surface area (Å²) >= 11 is 0. The Morgan fingerprint density at radius 1 is 0.841 bits per heavy atom. The van der Waals surface area contributed by atoms with Crippen LogP contribution in [0.15, 0.2) is 79.0 Å². The van der Waals surface area contributed by atoms with Crippen LogP contribution >= 0.6 is 0 Å². The largest absolute Gasteiger partial charge is 0.378 e. The van der Waals surface area contributed by atoms with E-state index in [9.17, 15) is 4.79 Å². The van der Waals surface area contributed by atoms with Crippen molar-refractivity contribution < 1.29 is 9.53 Å². The van der Waals surface area contributed by atoms with Gasteiger partial charge in [0.15, 0.2) is 5.65 Å². The number of morpholine rings is 1. The number of hydrogen-bond donors (Lipinski definition) is 1. The second kappa shape index (κ2) is 11.0. The molecule has 2 aromatic heterocycles. The normalized spacial score (nSPS) is 21.4. The highest BCUT2D eigenvalue weighted by Crippen LogP contribution is 2.38.